The van der Waals surface area contributed by atoms with Crippen molar-refractivity contribution in [2.24, 2.45) is 0 Å². The van der Waals surface area contributed by atoms with Crippen molar-refractivity contribution in [1.29, 1.82) is 0 Å². The topological polar surface area (TPSA) is 105 Å². The number of tetrazole rings is 1. The molecule has 0 aliphatic rings. The third kappa shape index (κ3) is 6.82. The first-order valence-corrected chi connectivity index (χ1v) is 19.3. The predicted molar refractivity (Wildman–Crippen MR) is 223 cm³/mol. The Morgan fingerprint density at radius 2 is 1.26 bits per heavy atom. The number of esters is 1. The number of carbonyl (C=O) groups is 1. The van der Waals surface area contributed by atoms with Crippen LogP contribution in [-0.4, -0.2) is 42.3 Å². The van der Waals surface area contributed by atoms with Crippen molar-refractivity contribution in [3.8, 4) is 22.5 Å². The van der Waals surface area contributed by atoms with E-state index in [2.05, 4.69) is 42.5 Å². The van der Waals surface area contributed by atoms with Gasteiger partial charge in [0, 0.05) is 22.3 Å². The maximum Gasteiger partial charge on any atom is 0.343 e. The summed E-state index contributed by atoms with van der Waals surface area (Å²) < 4.78 is 6.96. The lowest BCUT2D eigenvalue weighted by molar-refractivity contribution is 0.0524. The first-order valence-electron chi connectivity index (χ1n) is 19.3. The van der Waals surface area contributed by atoms with Gasteiger partial charge in [-0.25, -0.2) is 4.79 Å². The highest BCUT2D eigenvalue weighted by Gasteiger charge is 2.41. The Labute approximate surface area is 331 Å². The monoisotopic (exact) mass is 750 g/mol. The summed E-state index contributed by atoms with van der Waals surface area (Å²) in [6, 6.07) is 50.6. The molecule has 0 bridgehead atoms. The van der Waals surface area contributed by atoms with Gasteiger partial charge < -0.3 is 9.30 Å². The maximum atomic E-state index is 14.0. The largest absolute Gasteiger partial charge is 0.462 e. The zero-order valence-corrected chi connectivity index (χ0v) is 32.2. The van der Waals surface area contributed by atoms with Crippen molar-refractivity contribution in [1.82, 2.24) is 29.8 Å². The Hall–Kier alpha value is -7.00. The van der Waals surface area contributed by atoms with Gasteiger partial charge in [0.05, 0.1) is 18.7 Å². The second kappa shape index (κ2) is 16.0. The van der Waals surface area contributed by atoms with E-state index in [1.807, 2.05) is 117 Å². The van der Waals surface area contributed by atoms with Gasteiger partial charge in [-0.1, -0.05) is 153 Å². The van der Waals surface area contributed by atoms with Crippen LogP contribution in [0.4, 0.5) is 0 Å². The number of ether oxygens (including phenoxy) is 1. The van der Waals surface area contributed by atoms with E-state index >= 15 is 0 Å². The van der Waals surface area contributed by atoms with E-state index in [4.69, 9.17) is 25.1 Å². The second-order valence-corrected chi connectivity index (χ2v) is 13.8. The third-order valence-electron chi connectivity index (χ3n) is 10.5. The summed E-state index contributed by atoms with van der Waals surface area (Å²) in [7, 11) is 0. The smallest absolute Gasteiger partial charge is 0.343 e. The first kappa shape index (κ1) is 36.9. The molecule has 8 rings (SSSR count). The third-order valence-corrected chi connectivity index (χ3v) is 10.5. The zero-order chi connectivity index (χ0) is 39.4. The standard InChI is InChI=1S/C48H42N6O3/c1-4-38-30-44-41(43(5-2)49-38)31-42(47(56)57-6-3)46(55)53(44)32-33-26-28-34(29-27-33)39-24-16-17-25-40(39)45-50-52-54(51-45)48(35-18-10-7-11-19-35,36-20-12-8-13-21-36)37-22-14-9-15-23-37/h7-31H,4-6,32H2,1-3H3. The summed E-state index contributed by atoms with van der Waals surface area (Å²) in [5.74, 6) is -0.145. The zero-order valence-electron chi connectivity index (χ0n) is 32.2. The summed E-state index contributed by atoms with van der Waals surface area (Å²) in [4.78, 5) is 33.5. The summed E-state index contributed by atoms with van der Waals surface area (Å²) in [6.45, 7) is 6.24. The van der Waals surface area contributed by atoms with Gasteiger partial charge in [-0.15, -0.1) is 15.0 Å². The fraction of sp³-hybridized carbons (Fsp3) is 0.167. The van der Waals surface area contributed by atoms with E-state index in [1.54, 1.807) is 22.4 Å². The van der Waals surface area contributed by atoms with Crippen LogP contribution in [-0.2, 0) is 29.7 Å². The number of aromatic nitrogens is 6. The number of rotatable bonds is 12. The fourth-order valence-corrected chi connectivity index (χ4v) is 7.70. The Kier molecular flexibility index (Phi) is 10.4. The fourth-order valence-electron chi connectivity index (χ4n) is 7.70. The molecule has 0 amide bonds. The van der Waals surface area contributed by atoms with Gasteiger partial charge in [-0.05, 0) is 70.5 Å². The van der Waals surface area contributed by atoms with Crippen molar-refractivity contribution in [3.63, 3.8) is 0 Å². The maximum absolute atomic E-state index is 14.0. The Morgan fingerprint density at radius 1 is 0.684 bits per heavy atom. The number of aryl methyl sites for hydroxylation is 2. The average Bonchev–Trinajstić information content (AvgIpc) is 3.76. The van der Waals surface area contributed by atoms with E-state index in [9.17, 15) is 9.59 Å². The number of pyridine rings is 2. The van der Waals surface area contributed by atoms with E-state index in [1.165, 1.54) is 0 Å². The molecule has 282 valence electrons. The lowest BCUT2D eigenvalue weighted by Crippen LogP contribution is -2.39. The normalized spacial score (nSPS) is 11.5. The highest BCUT2D eigenvalue weighted by Crippen LogP contribution is 2.40. The minimum absolute atomic E-state index is 0.00649. The number of hydrogen-bond acceptors (Lipinski definition) is 7. The molecular formula is C48H42N6O3. The first-order chi connectivity index (χ1) is 28.0. The SMILES string of the molecule is CCOC(=O)c1cc2c(CC)nc(CC)cc2n(Cc2ccc(-c3ccccc3-c3nnn(C(c4ccccc4)(c4ccccc4)c4ccccc4)n3)cc2)c1=O. The minimum Gasteiger partial charge on any atom is -0.462 e. The molecule has 3 heterocycles. The van der Waals surface area contributed by atoms with Crippen LogP contribution in [0.1, 0.15) is 64.8 Å². The molecule has 0 aliphatic carbocycles. The summed E-state index contributed by atoms with van der Waals surface area (Å²) in [5, 5.41) is 15.4. The number of fused-ring (bicyclic) bond motifs is 1. The number of benzene rings is 5. The van der Waals surface area contributed by atoms with Crippen LogP contribution in [0.3, 0.4) is 0 Å². The van der Waals surface area contributed by atoms with E-state index < -0.39 is 17.1 Å². The van der Waals surface area contributed by atoms with E-state index in [-0.39, 0.29) is 18.7 Å². The highest BCUT2D eigenvalue weighted by molar-refractivity contribution is 5.94. The molecule has 0 radical (unpaired) electrons. The van der Waals surface area contributed by atoms with Gasteiger partial charge in [0.2, 0.25) is 5.82 Å². The lowest BCUT2D eigenvalue weighted by atomic mass is 9.77. The second-order valence-electron chi connectivity index (χ2n) is 13.8. The van der Waals surface area contributed by atoms with Gasteiger partial charge in [0.25, 0.3) is 5.56 Å². The van der Waals surface area contributed by atoms with Crippen LogP contribution in [0.15, 0.2) is 156 Å². The van der Waals surface area contributed by atoms with Crippen molar-refractivity contribution in [2.45, 2.75) is 45.7 Å². The van der Waals surface area contributed by atoms with Crippen molar-refractivity contribution in [2.75, 3.05) is 6.61 Å². The number of carbonyl (C=O) groups excluding carboxylic acids is 1. The molecule has 0 N–H and O–H groups in total. The van der Waals surface area contributed by atoms with Crippen LogP contribution in [0.2, 0.25) is 0 Å². The predicted octanol–water partition coefficient (Wildman–Crippen LogP) is 8.91. The Morgan fingerprint density at radius 3 is 1.82 bits per heavy atom. The highest BCUT2D eigenvalue weighted by atomic mass is 16.5. The quantitative estimate of drug-likeness (QED) is 0.0908. The van der Waals surface area contributed by atoms with Crippen LogP contribution in [0.25, 0.3) is 33.4 Å². The number of hydrogen-bond donors (Lipinski definition) is 0. The summed E-state index contributed by atoms with van der Waals surface area (Å²) in [5.41, 5.74) is 7.82. The minimum atomic E-state index is -0.899. The van der Waals surface area contributed by atoms with E-state index in [0.717, 1.165) is 67.7 Å². The molecule has 3 aromatic heterocycles. The molecule has 0 saturated carbocycles. The molecule has 0 spiro atoms. The molecule has 0 unspecified atom stereocenters. The Balaban J connectivity index is 1.20. The van der Waals surface area contributed by atoms with Gasteiger partial charge in [-0.3, -0.25) is 9.78 Å². The molecular weight excluding hydrogens is 709 g/mol. The van der Waals surface area contributed by atoms with Crippen molar-refractivity contribution >= 4 is 16.9 Å². The van der Waals surface area contributed by atoms with Crippen molar-refractivity contribution in [3.05, 3.63) is 201 Å². The molecule has 0 fully saturated rings. The molecule has 9 nitrogen and oxygen atoms in total. The molecule has 0 atom stereocenters. The van der Waals surface area contributed by atoms with Gasteiger partial charge >= 0.3 is 5.97 Å². The summed E-state index contributed by atoms with van der Waals surface area (Å²) in [6.07, 6.45) is 1.38. The molecule has 9 heteroatoms. The molecule has 0 saturated heterocycles. The van der Waals surface area contributed by atoms with Gasteiger partial charge in [0.15, 0.2) is 5.54 Å². The van der Waals surface area contributed by atoms with Crippen LogP contribution >= 0.6 is 0 Å². The van der Waals surface area contributed by atoms with Crippen LogP contribution in [0.5, 0.6) is 0 Å². The van der Waals surface area contributed by atoms with Gasteiger partial charge in [0.1, 0.15) is 5.56 Å². The van der Waals surface area contributed by atoms with E-state index in [0.29, 0.717) is 12.2 Å². The number of nitrogens with zero attached hydrogens (tertiary/aromatic N) is 6. The summed E-state index contributed by atoms with van der Waals surface area (Å²) >= 11 is 0. The van der Waals surface area contributed by atoms with Crippen molar-refractivity contribution < 1.29 is 9.53 Å². The van der Waals surface area contributed by atoms with Gasteiger partial charge in [-0.2, -0.15) is 0 Å². The molecule has 8 aromatic rings. The molecule has 5 aromatic carbocycles. The molecule has 0 aliphatic heterocycles. The van der Waals surface area contributed by atoms with Crippen LogP contribution < -0.4 is 5.56 Å². The average molecular weight is 751 g/mol. The molecule has 57 heavy (non-hydrogen) atoms. The lowest BCUT2D eigenvalue weighted by Gasteiger charge is -2.34. The van der Waals surface area contributed by atoms with Crippen LogP contribution in [0, 0.1) is 0 Å². The Bertz CT molecular complexity index is 2630.